The van der Waals surface area contributed by atoms with E-state index in [0.29, 0.717) is 19.4 Å². The molecule has 0 radical (unpaired) electrons. The monoisotopic (exact) mass is 499 g/mol. The average Bonchev–Trinajstić information content (AvgIpc) is 3.30. The Balaban J connectivity index is 1.06. The quantitative estimate of drug-likeness (QED) is 0.380. The number of nitrogens with zero attached hydrogens (tertiary/aromatic N) is 5. The highest BCUT2D eigenvalue weighted by atomic mass is 16.2. The van der Waals surface area contributed by atoms with E-state index >= 15 is 0 Å². The van der Waals surface area contributed by atoms with E-state index in [1.807, 2.05) is 48.7 Å². The van der Waals surface area contributed by atoms with E-state index in [9.17, 15) is 9.59 Å². The van der Waals surface area contributed by atoms with E-state index in [1.54, 1.807) is 0 Å². The van der Waals surface area contributed by atoms with Gasteiger partial charge in [-0.2, -0.15) is 5.10 Å². The molecule has 0 bridgehead atoms. The van der Waals surface area contributed by atoms with Gasteiger partial charge in [-0.05, 0) is 50.1 Å². The highest BCUT2D eigenvalue weighted by Gasteiger charge is 2.18. The Morgan fingerprint density at radius 1 is 0.865 bits per heavy atom. The van der Waals surface area contributed by atoms with E-state index < -0.39 is 0 Å². The van der Waals surface area contributed by atoms with E-state index in [0.717, 1.165) is 59.7 Å². The molecule has 1 fully saturated rings. The molecule has 0 spiro atoms. The van der Waals surface area contributed by atoms with Crippen LogP contribution in [-0.4, -0.2) is 64.0 Å². The molecule has 0 atom stereocenters. The van der Waals surface area contributed by atoms with Crippen molar-refractivity contribution in [3.8, 4) is 0 Å². The van der Waals surface area contributed by atoms with Gasteiger partial charge in [-0.15, -0.1) is 0 Å². The molecule has 0 aliphatic carbocycles. The van der Waals surface area contributed by atoms with Gasteiger partial charge in [-0.1, -0.05) is 30.3 Å². The molecule has 5 rings (SSSR count). The van der Waals surface area contributed by atoms with Crippen molar-refractivity contribution in [2.24, 2.45) is 0 Å². The molecule has 192 valence electrons. The average molecular weight is 500 g/mol. The lowest BCUT2D eigenvalue weighted by molar-refractivity contribution is -0.129. The lowest BCUT2D eigenvalue weighted by Crippen LogP contribution is -2.48. The lowest BCUT2D eigenvalue weighted by atomic mass is 10.1. The van der Waals surface area contributed by atoms with Crippen molar-refractivity contribution in [1.82, 2.24) is 30.3 Å². The number of piperazine rings is 1. The van der Waals surface area contributed by atoms with Crippen LogP contribution in [0.4, 0.5) is 5.69 Å². The predicted octanol–water partition coefficient (Wildman–Crippen LogP) is 2.79. The van der Waals surface area contributed by atoms with Crippen LogP contribution in [0.1, 0.15) is 29.8 Å². The molecule has 1 saturated heterocycles. The number of nitrogens with one attached hydrogen (secondary N) is 2. The van der Waals surface area contributed by atoms with Crippen molar-refractivity contribution in [1.29, 1.82) is 0 Å². The fourth-order valence-corrected chi connectivity index (χ4v) is 4.97. The van der Waals surface area contributed by atoms with Gasteiger partial charge in [0.15, 0.2) is 5.65 Å². The normalized spacial score (nSPS) is 14.3. The number of para-hydroxylation sites is 1. The number of carbonyl (C=O) groups excluding carboxylic acids is 2. The summed E-state index contributed by atoms with van der Waals surface area (Å²) in [7, 11) is 0. The van der Waals surface area contributed by atoms with Crippen molar-refractivity contribution in [2.45, 2.75) is 33.1 Å². The topological polar surface area (TPSA) is 94.9 Å². The van der Waals surface area contributed by atoms with Crippen molar-refractivity contribution < 1.29 is 9.59 Å². The van der Waals surface area contributed by atoms with Crippen LogP contribution in [0.25, 0.3) is 16.6 Å². The van der Waals surface area contributed by atoms with Crippen LogP contribution in [0, 0.1) is 13.8 Å². The fourth-order valence-electron chi connectivity index (χ4n) is 4.97. The van der Waals surface area contributed by atoms with E-state index in [1.165, 1.54) is 5.69 Å². The summed E-state index contributed by atoms with van der Waals surface area (Å²) in [4.78, 5) is 34.2. The summed E-state index contributed by atoms with van der Waals surface area (Å²) in [5.41, 5.74) is 10.9. The first-order valence-electron chi connectivity index (χ1n) is 12.8. The van der Waals surface area contributed by atoms with Gasteiger partial charge in [0.2, 0.25) is 11.8 Å². The zero-order valence-corrected chi connectivity index (χ0v) is 21.4. The minimum absolute atomic E-state index is 0.183. The maximum Gasteiger partial charge on any atom is 0.239 e. The molecule has 2 amide bonds. The molecule has 2 N–H and O–H groups in total. The number of aryl methyl sites for hydroxylation is 2. The van der Waals surface area contributed by atoms with Gasteiger partial charge in [0.1, 0.15) is 0 Å². The third-order valence-corrected chi connectivity index (χ3v) is 7.11. The highest BCUT2D eigenvalue weighted by Crippen LogP contribution is 2.23. The first kappa shape index (κ1) is 24.7. The van der Waals surface area contributed by atoms with Crippen molar-refractivity contribution in [3.63, 3.8) is 0 Å². The zero-order chi connectivity index (χ0) is 25.8. The van der Waals surface area contributed by atoms with Crippen LogP contribution >= 0.6 is 0 Å². The predicted molar refractivity (Wildman–Crippen MR) is 144 cm³/mol. The van der Waals surface area contributed by atoms with Gasteiger partial charge in [-0.25, -0.2) is 9.50 Å². The minimum atomic E-state index is -0.227. The summed E-state index contributed by atoms with van der Waals surface area (Å²) in [6.45, 7) is 8.35. The number of hydrazine groups is 1. The van der Waals surface area contributed by atoms with Gasteiger partial charge in [0.25, 0.3) is 0 Å². The number of hydrogen-bond donors (Lipinski definition) is 2. The van der Waals surface area contributed by atoms with Crippen LogP contribution in [0.5, 0.6) is 0 Å². The van der Waals surface area contributed by atoms with Crippen LogP contribution in [0.15, 0.2) is 54.6 Å². The van der Waals surface area contributed by atoms with Gasteiger partial charge < -0.3 is 4.90 Å². The van der Waals surface area contributed by atoms with Crippen LogP contribution in [-0.2, 0) is 16.0 Å². The summed E-state index contributed by atoms with van der Waals surface area (Å²) < 4.78 is 1.85. The molecule has 2 aromatic carbocycles. The second-order valence-electron chi connectivity index (χ2n) is 9.52. The smallest absolute Gasteiger partial charge is 0.239 e. The largest absolute Gasteiger partial charge is 0.369 e. The van der Waals surface area contributed by atoms with E-state index in [2.05, 4.69) is 50.0 Å². The molecule has 2 aromatic heterocycles. The van der Waals surface area contributed by atoms with E-state index in [-0.39, 0.29) is 18.2 Å². The summed E-state index contributed by atoms with van der Waals surface area (Å²) in [5.74, 6) is -0.410. The summed E-state index contributed by atoms with van der Waals surface area (Å²) in [6.07, 6.45) is 1.11. The number of carbonyl (C=O) groups is 2. The Morgan fingerprint density at radius 2 is 1.54 bits per heavy atom. The Morgan fingerprint density at radius 3 is 2.30 bits per heavy atom. The molecule has 9 nitrogen and oxygen atoms in total. The van der Waals surface area contributed by atoms with Crippen LogP contribution < -0.4 is 15.8 Å². The number of benzene rings is 2. The second-order valence-corrected chi connectivity index (χ2v) is 9.52. The van der Waals surface area contributed by atoms with Gasteiger partial charge in [0, 0.05) is 68.0 Å². The van der Waals surface area contributed by atoms with Crippen molar-refractivity contribution >= 4 is 34.1 Å². The molecule has 4 aromatic rings. The number of rotatable bonds is 7. The molecular weight excluding hydrogens is 466 g/mol. The minimum Gasteiger partial charge on any atom is -0.369 e. The SMILES string of the molecule is Cc1nc2c3ccccc3nn2c(C)c1CCC(=O)NNC(=O)CCN1CCN(c2ccccc2)CC1. The number of anilines is 1. The van der Waals surface area contributed by atoms with Crippen molar-refractivity contribution in [3.05, 3.63) is 71.5 Å². The molecular formula is C28H33N7O2. The molecule has 0 saturated carbocycles. The summed E-state index contributed by atoms with van der Waals surface area (Å²) >= 11 is 0. The number of aromatic nitrogens is 3. The second kappa shape index (κ2) is 11.0. The highest BCUT2D eigenvalue weighted by molar-refractivity contribution is 5.92. The summed E-state index contributed by atoms with van der Waals surface area (Å²) in [6, 6.07) is 18.3. The maximum atomic E-state index is 12.4. The molecule has 1 aliphatic heterocycles. The summed E-state index contributed by atoms with van der Waals surface area (Å²) in [5, 5.41) is 5.68. The Kier molecular flexibility index (Phi) is 7.32. The molecule has 3 heterocycles. The fraction of sp³-hybridized carbons (Fsp3) is 0.357. The first-order valence-corrected chi connectivity index (χ1v) is 12.8. The molecule has 9 heteroatoms. The van der Waals surface area contributed by atoms with Crippen LogP contribution in [0.2, 0.25) is 0 Å². The van der Waals surface area contributed by atoms with Crippen molar-refractivity contribution in [2.75, 3.05) is 37.6 Å². The Bertz CT molecular complexity index is 1410. The molecule has 1 aliphatic rings. The maximum absolute atomic E-state index is 12.4. The third-order valence-electron chi connectivity index (χ3n) is 7.11. The third kappa shape index (κ3) is 5.56. The van der Waals surface area contributed by atoms with E-state index in [4.69, 9.17) is 4.98 Å². The van der Waals surface area contributed by atoms with Crippen LogP contribution in [0.3, 0.4) is 0 Å². The van der Waals surface area contributed by atoms with Gasteiger partial charge >= 0.3 is 0 Å². The molecule has 0 unspecified atom stereocenters. The van der Waals surface area contributed by atoms with Gasteiger partial charge in [0.05, 0.1) is 5.52 Å². The van der Waals surface area contributed by atoms with Gasteiger partial charge in [-0.3, -0.25) is 25.3 Å². The molecule has 37 heavy (non-hydrogen) atoms. The Hall–Kier alpha value is -3.98. The lowest BCUT2D eigenvalue weighted by Gasteiger charge is -2.36. The first-order chi connectivity index (χ1) is 18.0. The standard InChI is InChI=1S/C28H33N7O2/c1-20-23(21(2)35-28(29-20)24-10-6-7-11-25(24)32-35)12-13-26(36)30-31-27(37)14-15-33-16-18-34(19-17-33)22-8-4-3-5-9-22/h3-11H,12-19H2,1-2H3,(H,30,36)(H,31,37). The number of amides is 2. The zero-order valence-electron chi connectivity index (χ0n) is 21.4. The number of fused-ring (bicyclic) bond motifs is 3. The Labute approximate surface area is 216 Å². The number of hydrogen-bond acceptors (Lipinski definition) is 6.